The molecular weight excluding hydrogens is 481 g/mol. The van der Waals surface area contributed by atoms with Crippen LogP contribution in [0.3, 0.4) is 0 Å². The number of rotatable bonds is 7. The highest BCUT2D eigenvalue weighted by Gasteiger charge is 2.23. The van der Waals surface area contributed by atoms with Crippen LogP contribution in [0.2, 0.25) is 0 Å². The summed E-state index contributed by atoms with van der Waals surface area (Å²) in [6.07, 6.45) is 5.09. The molecule has 2 N–H and O–H groups in total. The SMILES string of the molecule is CCNC(=NCCc1ncc(CC)s1)NC1CCN(c2ccc(C)cc2)C1.I. The molecule has 5 nitrogen and oxygen atoms in total. The molecule has 3 rings (SSSR count). The lowest BCUT2D eigenvalue weighted by atomic mass is 10.2. The fourth-order valence-electron chi connectivity index (χ4n) is 3.27. The number of thiazole rings is 1. The molecule has 0 amide bonds. The summed E-state index contributed by atoms with van der Waals surface area (Å²) in [6, 6.07) is 9.23. The van der Waals surface area contributed by atoms with Gasteiger partial charge in [-0.1, -0.05) is 24.6 Å². The normalized spacial score (nSPS) is 16.8. The summed E-state index contributed by atoms with van der Waals surface area (Å²) >= 11 is 1.80. The van der Waals surface area contributed by atoms with Gasteiger partial charge in [-0.05, 0) is 38.8 Å². The van der Waals surface area contributed by atoms with Crippen molar-refractivity contribution < 1.29 is 0 Å². The molecule has 0 spiro atoms. The summed E-state index contributed by atoms with van der Waals surface area (Å²) in [5.41, 5.74) is 2.61. The van der Waals surface area contributed by atoms with E-state index in [0.717, 1.165) is 51.4 Å². The van der Waals surface area contributed by atoms with E-state index in [0.29, 0.717) is 6.04 Å². The van der Waals surface area contributed by atoms with Gasteiger partial charge in [0.05, 0.1) is 5.01 Å². The molecule has 1 saturated heterocycles. The van der Waals surface area contributed by atoms with E-state index in [1.807, 2.05) is 6.20 Å². The molecule has 1 fully saturated rings. The molecule has 2 aromatic rings. The van der Waals surface area contributed by atoms with E-state index >= 15 is 0 Å². The molecule has 0 aliphatic carbocycles. The first-order valence-corrected chi connectivity index (χ1v) is 10.8. The van der Waals surface area contributed by atoms with E-state index in [9.17, 15) is 0 Å². The Kier molecular flexibility index (Phi) is 9.50. The van der Waals surface area contributed by atoms with E-state index in [4.69, 9.17) is 4.99 Å². The van der Waals surface area contributed by atoms with Crippen LogP contribution in [0.15, 0.2) is 35.5 Å². The number of nitrogens with zero attached hydrogens (tertiary/aromatic N) is 3. The standard InChI is InChI=1S/C21H31N5S.HI/c1-4-19-14-24-20(27-19)10-12-23-21(22-5-2)25-17-11-13-26(15-17)18-8-6-16(3)7-9-18;/h6-9,14,17H,4-5,10-13,15H2,1-3H3,(H2,22,23,25);1H. The quantitative estimate of drug-likeness (QED) is 0.334. The lowest BCUT2D eigenvalue weighted by molar-refractivity contribution is 0.649. The van der Waals surface area contributed by atoms with Crippen molar-refractivity contribution in [1.29, 1.82) is 0 Å². The Bertz CT molecular complexity index is 744. The fourth-order valence-corrected chi connectivity index (χ4v) is 4.12. The Morgan fingerprint density at radius 2 is 2.07 bits per heavy atom. The molecule has 1 aromatic heterocycles. The Labute approximate surface area is 190 Å². The third kappa shape index (κ3) is 6.62. The van der Waals surface area contributed by atoms with Crippen LogP contribution in [-0.2, 0) is 12.8 Å². The van der Waals surface area contributed by atoms with Crippen LogP contribution >= 0.6 is 35.3 Å². The molecule has 1 aliphatic rings. The third-order valence-corrected chi connectivity index (χ3v) is 6.02. The van der Waals surface area contributed by atoms with Crippen molar-refractivity contribution in [3.8, 4) is 0 Å². The number of aromatic nitrogens is 1. The molecule has 7 heteroatoms. The number of benzene rings is 1. The minimum absolute atomic E-state index is 0. The van der Waals surface area contributed by atoms with E-state index < -0.39 is 0 Å². The van der Waals surface area contributed by atoms with E-state index in [2.05, 4.69) is 65.6 Å². The van der Waals surface area contributed by atoms with Crippen molar-refractivity contribution in [2.45, 2.75) is 46.1 Å². The highest BCUT2D eigenvalue weighted by molar-refractivity contribution is 14.0. The predicted molar refractivity (Wildman–Crippen MR) is 132 cm³/mol. The van der Waals surface area contributed by atoms with Gasteiger partial charge in [-0.15, -0.1) is 35.3 Å². The maximum Gasteiger partial charge on any atom is 0.191 e. The van der Waals surface area contributed by atoms with Gasteiger partial charge in [-0.2, -0.15) is 0 Å². The van der Waals surface area contributed by atoms with Crippen molar-refractivity contribution >= 4 is 47.0 Å². The first-order chi connectivity index (χ1) is 13.2. The average Bonchev–Trinajstić information content (AvgIpc) is 3.32. The molecule has 1 aromatic carbocycles. The third-order valence-electron chi connectivity index (χ3n) is 4.82. The van der Waals surface area contributed by atoms with Crippen molar-refractivity contribution in [3.05, 3.63) is 45.9 Å². The Morgan fingerprint density at radius 1 is 1.29 bits per heavy atom. The fraction of sp³-hybridized carbons (Fsp3) is 0.524. The largest absolute Gasteiger partial charge is 0.369 e. The summed E-state index contributed by atoms with van der Waals surface area (Å²) in [5, 5.41) is 8.17. The smallest absolute Gasteiger partial charge is 0.191 e. The lowest BCUT2D eigenvalue weighted by Crippen LogP contribution is -2.44. The molecule has 28 heavy (non-hydrogen) atoms. The maximum absolute atomic E-state index is 4.76. The average molecular weight is 513 g/mol. The van der Waals surface area contributed by atoms with Crippen molar-refractivity contribution in [1.82, 2.24) is 15.6 Å². The van der Waals surface area contributed by atoms with Gasteiger partial charge in [-0.25, -0.2) is 4.98 Å². The second kappa shape index (κ2) is 11.6. The summed E-state index contributed by atoms with van der Waals surface area (Å²) in [5.74, 6) is 0.917. The van der Waals surface area contributed by atoms with Gasteiger partial charge in [0.15, 0.2) is 5.96 Å². The summed E-state index contributed by atoms with van der Waals surface area (Å²) in [4.78, 5) is 13.0. The monoisotopic (exact) mass is 513 g/mol. The molecule has 1 aliphatic heterocycles. The minimum Gasteiger partial charge on any atom is -0.369 e. The number of hydrogen-bond donors (Lipinski definition) is 2. The minimum atomic E-state index is 0. The number of nitrogens with one attached hydrogen (secondary N) is 2. The van der Waals surface area contributed by atoms with Crippen LogP contribution in [0.1, 0.15) is 35.7 Å². The van der Waals surface area contributed by atoms with Gasteiger partial charge >= 0.3 is 0 Å². The van der Waals surface area contributed by atoms with Crippen LogP contribution in [0.4, 0.5) is 5.69 Å². The molecule has 1 atom stereocenters. The molecule has 0 bridgehead atoms. The van der Waals surface area contributed by atoms with Gasteiger partial charge < -0.3 is 15.5 Å². The van der Waals surface area contributed by atoms with Gasteiger partial charge in [0.25, 0.3) is 0 Å². The number of aryl methyl sites for hydroxylation is 2. The van der Waals surface area contributed by atoms with E-state index in [-0.39, 0.29) is 24.0 Å². The lowest BCUT2D eigenvalue weighted by Gasteiger charge is -2.20. The summed E-state index contributed by atoms with van der Waals surface area (Å²) in [6.45, 7) is 10.1. The van der Waals surface area contributed by atoms with Crippen LogP contribution < -0.4 is 15.5 Å². The zero-order valence-corrected chi connectivity index (χ0v) is 20.2. The first-order valence-electron chi connectivity index (χ1n) is 9.98. The van der Waals surface area contributed by atoms with Crippen molar-refractivity contribution in [2.24, 2.45) is 4.99 Å². The zero-order valence-electron chi connectivity index (χ0n) is 17.1. The molecular formula is C21H32IN5S. The number of aliphatic imine (C=N–C) groups is 1. The number of hydrogen-bond acceptors (Lipinski definition) is 4. The molecule has 0 saturated carbocycles. The Hall–Kier alpha value is -1.35. The van der Waals surface area contributed by atoms with Crippen LogP contribution in [-0.4, -0.2) is 43.2 Å². The van der Waals surface area contributed by atoms with Crippen LogP contribution in [0.25, 0.3) is 0 Å². The molecule has 1 unspecified atom stereocenters. The number of anilines is 1. The molecule has 2 heterocycles. The number of guanidine groups is 1. The van der Waals surface area contributed by atoms with Gasteiger partial charge in [0, 0.05) is 55.4 Å². The summed E-state index contributed by atoms with van der Waals surface area (Å²) in [7, 11) is 0. The van der Waals surface area contributed by atoms with Crippen LogP contribution in [0.5, 0.6) is 0 Å². The van der Waals surface area contributed by atoms with Gasteiger partial charge in [-0.3, -0.25) is 4.99 Å². The van der Waals surface area contributed by atoms with Gasteiger partial charge in [0.2, 0.25) is 0 Å². The maximum atomic E-state index is 4.76. The summed E-state index contributed by atoms with van der Waals surface area (Å²) < 4.78 is 0. The van der Waals surface area contributed by atoms with Crippen molar-refractivity contribution in [2.75, 3.05) is 31.1 Å². The molecule has 0 radical (unpaired) electrons. The topological polar surface area (TPSA) is 52.6 Å². The van der Waals surface area contributed by atoms with Crippen LogP contribution in [0, 0.1) is 6.92 Å². The van der Waals surface area contributed by atoms with E-state index in [1.54, 1.807) is 11.3 Å². The Balaban J connectivity index is 0.00000280. The van der Waals surface area contributed by atoms with Crippen molar-refractivity contribution in [3.63, 3.8) is 0 Å². The predicted octanol–water partition coefficient (Wildman–Crippen LogP) is 4.01. The Morgan fingerprint density at radius 3 is 2.75 bits per heavy atom. The highest BCUT2D eigenvalue weighted by Crippen LogP contribution is 2.20. The van der Waals surface area contributed by atoms with E-state index in [1.165, 1.54) is 21.1 Å². The number of halogens is 1. The first kappa shape index (κ1) is 22.9. The second-order valence-electron chi connectivity index (χ2n) is 7.00. The zero-order chi connectivity index (χ0) is 19.1. The molecule has 154 valence electrons. The second-order valence-corrected chi connectivity index (χ2v) is 8.20. The van der Waals surface area contributed by atoms with Gasteiger partial charge in [0.1, 0.15) is 0 Å². The highest BCUT2D eigenvalue weighted by atomic mass is 127.